The van der Waals surface area contributed by atoms with Gasteiger partial charge < -0.3 is 13.7 Å². The number of nitriles is 1. The third-order valence-corrected chi connectivity index (χ3v) is 21.3. The molecule has 0 radical (unpaired) electrons. The molecule has 5 heteroatoms. The fourth-order valence-electron chi connectivity index (χ4n) is 12.9. The lowest BCUT2D eigenvalue weighted by Crippen LogP contribution is -2.74. The summed E-state index contributed by atoms with van der Waals surface area (Å²) in [5.74, 6) is 0. The molecule has 3 aromatic heterocycles. The molecular formula is C73H56N4Si. The van der Waals surface area contributed by atoms with Gasteiger partial charge in [0.15, 0.2) is 8.07 Å². The van der Waals surface area contributed by atoms with E-state index in [1.54, 1.807) is 0 Å². The van der Waals surface area contributed by atoms with Gasteiger partial charge in [-0.3, -0.25) is 0 Å². The molecule has 0 atom stereocenters. The molecule has 0 aliphatic heterocycles. The van der Waals surface area contributed by atoms with E-state index in [9.17, 15) is 5.26 Å². The maximum atomic E-state index is 9.70. The van der Waals surface area contributed by atoms with E-state index >= 15 is 0 Å². The van der Waals surface area contributed by atoms with Crippen LogP contribution in [-0.2, 0) is 0 Å². The fourth-order valence-corrected chi connectivity index (χ4v) is 17.7. The van der Waals surface area contributed by atoms with E-state index in [2.05, 4.69) is 280 Å². The van der Waals surface area contributed by atoms with Gasteiger partial charge >= 0.3 is 0 Å². The van der Waals surface area contributed by atoms with Crippen LogP contribution in [0.5, 0.6) is 0 Å². The first-order valence-corrected chi connectivity index (χ1v) is 29.0. The van der Waals surface area contributed by atoms with Crippen molar-refractivity contribution in [3.8, 4) is 34.3 Å². The van der Waals surface area contributed by atoms with Crippen LogP contribution in [0.2, 0.25) is 0 Å². The summed E-state index contributed by atoms with van der Waals surface area (Å²) in [5, 5.41) is 22.2. The van der Waals surface area contributed by atoms with Gasteiger partial charge in [-0.2, -0.15) is 5.26 Å². The van der Waals surface area contributed by atoms with Crippen molar-refractivity contribution < 1.29 is 0 Å². The predicted molar refractivity (Wildman–Crippen MR) is 332 cm³/mol. The van der Waals surface area contributed by atoms with Gasteiger partial charge in [0, 0.05) is 32.3 Å². The highest BCUT2D eigenvalue weighted by Gasteiger charge is 2.43. The monoisotopic (exact) mass is 1020 g/mol. The number of fused-ring (bicyclic) bond motifs is 9. The lowest BCUT2D eigenvalue weighted by molar-refractivity contribution is 1.05. The molecule has 14 rings (SSSR count). The molecule has 0 fully saturated rings. The Kier molecular flexibility index (Phi) is 10.9. The zero-order valence-electron chi connectivity index (χ0n) is 44.7. The Morgan fingerprint density at radius 3 is 0.910 bits per heavy atom. The molecule has 0 amide bonds. The van der Waals surface area contributed by atoms with Crippen LogP contribution in [-0.4, -0.2) is 21.8 Å². The van der Waals surface area contributed by atoms with Gasteiger partial charge in [-0.15, -0.1) is 0 Å². The molecule has 0 aliphatic rings. The lowest BCUT2D eigenvalue weighted by Gasteiger charge is -2.36. The normalized spacial score (nSPS) is 12.0. The van der Waals surface area contributed by atoms with Crippen molar-refractivity contribution in [2.75, 3.05) is 0 Å². The molecule has 372 valence electrons. The molecule has 0 N–H and O–H groups in total. The summed E-state index contributed by atoms with van der Waals surface area (Å²) in [6, 6.07) is 89.5. The largest absolute Gasteiger partial charge is 0.307 e. The number of nitrogens with zero attached hydrogens (tertiary/aromatic N) is 4. The Morgan fingerprint density at radius 1 is 0.295 bits per heavy atom. The van der Waals surface area contributed by atoms with Gasteiger partial charge in [-0.05, 0) is 170 Å². The first kappa shape index (κ1) is 47.0. The molecule has 0 bridgehead atoms. The third kappa shape index (κ3) is 7.25. The highest BCUT2D eigenvalue weighted by molar-refractivity contribution is 7.20. The van der Waals surface area contributed by atoms with Crippen LogP contribution in [0.15, 0.2) is 231 Å². The number of aryl methyl sites for hydroxylation is 6. The molecule has 0 spiro atoms. The number of aromatic nitrogens is 3. The molecule has 14 aromatic rings. The number of hydrogen-bond acceptors (Lipinski definition) is 1. The smallest absolute Gasteiger partial charge is 0.179 e. The Labute approximate surface area is 456 Å². The zero-order valence-corrected chi connectivity index (χ0v) is 45.7. The Morgan fingerprint density at radius 2 is 0.590 bits per heavy atom. The van der Waals surface area contributed by atoms with Crippen molar-refractivity contribution in [1.29, 1.82) is 5.26 Å². The molecule has 0 aliphatic carbocycles. The minimum atomic E-state index is -3.34. The van der Waals surface area contributed by atoms with Crippen LogP contribution in [0, 0.1) is 52.9 Å². The van der Waals surface area contributed by atoms with E-state index in [-0.39, 0.29) is 0 Å². The summed E-state index contributed by atoms with van der Waals surface area (Å²) in [4.78, 5) is 0. The SMILES string of the molecule is Cc1ccc2c(c1)c1cc(C)ccc1n2-c1cc([Si](c2ccccc2)(c2ccccc2)c2ccc(-c3ccc(C#N)cc3)cc2)cc(-n2c3ccc(C)cc3c3cc(C)ccc32)c1-n1c2ccc(C)cc2c2cc(C)ccc21. The van der Waals surface area contributed by atoms with Crippen molar-refractivity contribution in [1.82, 2.24) is 13.7 Å². The van der Waals surface area contributed by atoms with E-state index in [4.69, 9.17) is 0 Å². The van der Waals surface area contributed by atoms with Crippen LogP contribution < -0.4 is 20.7 Å². The van der Waals surface area contributed by atoms with Crippen molar-refractivity contribution in [3.05, 3.63) is 269 Å². The van der Waals surface area contributed by atoms with Crippen LogP contribution in [0.4, 0.5) is 0 Å². The van der Waals surface area contributed by atoms with E-state index in [0.717, 1.165) is 61.3 Å². The Hall–Kier alpha value is -9.47. The summed E-state index contributed by atoms with van der Waals surface area (Å²) in [6.07, 6.45) is 0. The maximum absolute atomic E-state index is 9.70. The molecule has 0 unspecified atom stereocenters. The Bertz CT molecular complexity index is 4410. The first-order chi connectivity index (χ1) is 38.1. The molecular weight excluding hydrogens is 961 g/mol. The molecule has 0 saturated carbocycles. The Balaban J connectivity index is 1.24. The zero-order chi connectivity index (χ0) is 53.0. The summed E-state index contributed by atoms with van der Waals surface area (Å²) in [7, 11) is -3.34. The second-order valence-electron chi connectivity index (χ2n) is 21.7. The molecule has 3 heterocycles. The number of hydrogen-bond donors (Lipinski definition) is 0. The van der Waals surface area contributed by atoms with E-state index in [1.807, 2.05) is 12.1 Å². The second-order valence-corrected chi connectivity index (χ2v) is 25.6. The molecule has 4 nitrogen and oxygen atoms in total. The van der Waals surface area contributed by atoms with Gasteiger partial charge in [0.25, 0.3) is 0 Å². The van der Waals surface area contributed by atoms with E-state index in [0.29, 0.717) is 5.56 Å². The van der Waals surface area contributed by atoms with Crippen LogP contribution in [0.25, 0.3) is 93.6 Å². The summed E-state index contributed by atoms with van der Waals surface area (Å²) in [5.41, 5.74) is 20.4. The van der Waals surface area contributed by atoms with Crippen molar-refractivity contribution >= 4 is 94.2 Å². The van der Waals surface area contributed by atoms with Crippen LogP contribution in [0.1, 0.15) is 38.9 Å². The standard InChI is InChI=1S/C73H56N4Si/c1-46-17-31-65-59(37-46)60-38-47(2)18-32-66(60)75(65)71-43-58(78(55-13-9-7-10-14-55,56-15-11-8-12-16-56)57-29-27-54(28-30-57)53-25-23-52(45-74)24-26-53)44-72(76-67-33-19-48(3)39-61(67)62-40-49(4)20-34-68(62)76)73(71)77-69-35-21-50(5)41-63(69)64-42-51(6)22-36-70(64)77/h7-44H,1-6H3. The van der Waals surface area contributed by atoms with Crippen LogP contribution in [0.3, 0.4) is 0 Å². The van der Waals surface area contributed by atoms with Gasteiger partial charge in [0.2, 0.25) is 0 Å². The minimum absolute atomic E-state index is 0.651. The van der Waals surface area contributed by atoms with E-state index < -0.39 is 8.07 Å². The molecule has 78 heavy (non-hydrogen) atoms. The molecule has 0 saturated heterocycles. The number of benzene rings is 11. The van der Waals surface area contributed by atoms with Crippen molar-refractivity contribution in [2.24, 2.45) is 0 Å². The van der Waals surface area contributed by atoms with E-state index in [1.165, 1.54) is 86.4 Å². The highest BCUT2D eigenvalue weighted by atomic mass is 28.3. The predicted octanol–water partition coefficient (Wildman–Crippen LogP) is 15.7. The minimum Gasteiger partial charge on any atom is -0.307 e. The van der Waals surface area contributed by atoms with Crippen LogP contribution >= 0.6 is 0 Å². The maximum Gasteiger partial charge on any atom is 0.179 e. The molecule has 11 aromatic carbocycles. The topological polar surface area (TPSA) is 38.6 Å². The average molecular weight is 1020 g/mol. The number of rotatable bonds is 8. The van der Waals surface area contributed by atoms with Gasteiger partial charge in [-0.25, -0.2) is 0 Å². The van der Waals surface area contributed by atoms with Crippen molar-refractivity contribution in [2.45, 2.75) is 41.5 Å². The third-order valence-electron chi connectivity index (χ3n) is 16.5. The first-order valence-electron chi connectivity index (χ1n) is 27.0. The summed E-state index contributed by atoms with van der Waals surface area (Å²) in [6.45, 7) is 13.3. The van der Waals surface area contributed by atoms with Gasteiger partial charge in [0.05, 0.1) is 61.8 Å². The average Bonchev–Trinajstić information content (AvgIpc) is 4.10. The van der Waals surface area contributed by atoms with Crippen molar-refractivity contribution in [3.63, 3.8) is 0 Å². The second kappa shape index (κ2) is 18.1. The van der Waals surface area contributed by atoms with Gasteiger partial charge in [-0.1, -0.05) is 167 Å². The summed E-state index contributed by atoms with van der Waals surface area (Å²) >= 11 is 0. The lowest BCUT2D eigenvalue weighted by atomic mass is 10.0. The van der Waals surface area contributed by atoms with Gasteiger partial charge in [0.1, 0.15) is 0 Å². The summed E-state index contributed by atoms with van der Waals surface area (Å²) < 4.78 is 7.78. The quantitative estimate of drug-likeness (QED) is 0.110. The fraction of sp³-hybridized carbons (Fsp3) is 0.0822. The highest BCUT2D eigenvalue weighted by Crippen LogP contribution is 2.44.